The van der Waals surface area contributed by atoms with Gasteiger partial charge >= 0.3 is 0 Å². The zero-order chi connectivity index (χ0) is 16.4. The van der Waals surface area contributed by atoms with Gasteiger partial charge in [-0.15, -0.1) is 11.3 Å². The maximum Gasteiger partial charge on any atom is 0.182 e. The molecule has 0 radical (unpaired) electrons. The molecule has 0 fully saturated rings. The van der Waals surface area contributed by atoms with E-state index in [0.29, 0.717) is 5.82 Å². The van der Waals surface area contributed by atoms with Crippen molar-refractivity contribution in [3.05, 3.63) is 59.8 Å². The van der Waals surface area contributed by atoms with Crippen LogP contribution in [-0.2, 0) is 13.0 Å². The van der Waals surface area contributed by atoms with Crippen LogP contribution in [0, 0.1) is 6.92 Å². The molecule has 0 atom stereocenters. The van der Waals surface area contributed by atoms with Crippen molar-refractivity contribution < 1.29 is 0 Å². The smallest absolute Gasteiger partial charge is 0.182 e. The number of hydrogen-bond acceptors (Lipinski definition) is 5. The van der Waals surface area contributed by atoms with Crippen LogP contribution in [0.5, 0.6) is 0 Å². The van der Waals surface area contributed by atoms with Gasteiger partial charge in [0.15, 0.2) is 5.82 Å². The Hall–Kier alpha value is -2.80. The molecule has 1 N–H and O–H groups in total. The van der Waals surface area contributed by atoms with Crippen LogP contribution in [0.15, 0.2) is 48.4 Å². The van der Waals surface area contributed by atoms with Crippen LogP contribution in [0.2, 0.25) is 0 Å². The van der Waals surface area contributed by atoms with E-state index in [1.165, 1.54) is 10.4 Å². The van der Waals surface area contributed by atoms with Gasteiger partial charge in [-0.1, -0.05) is 0 Å². The molecule has 4 rings (SSSR count). The molecule has 120 valence electrons. The Morgan fingerprint density at radius 2 is 2.21 bits per heavy atom. The molecule has 0 spiro atoms. The molecule has 0 aliphatic carbocycles. The molecule has 0 saturated carbocycles. The van der Waals surface area contributed by atoms with E-state index in [1.807, 2.05) is 24.5 Å². The number of H-pyrrole nitrogens is 1. The second-order valence-electron chi connectivity index (χ2n) is 5.47. The third kappa shape index (κ3) is 2.85. The molecule has 4 aromatic rings. The highest BCUT2D eigenvalue weighted by Gasteiger charge is 2.11. The summed E-state index contributed by atoms with van der Waals surface area (Å²) in [4.78, 5) is 14.4. The average Bonchev–Trinajstić information content (AvgIpc) is 3.34. The van der Waals surface area contributed by atoms with Crippen molar-refractivity contribution in [1.29, 1.82) is 0 Å². The molecule has 6 nitrogen and oxygen atoms in total. The van der Waals surface area contributed by atoms with E-state index in [-0.39, 0.29) is 0 Å². The van der Waals surface area contributed by atoms with E-state index < -0.39 is 0 Å². The minimum atomic E-state index is 0.679. The van der Waals surface area contributed by atoms with Gasteiger partial charge in [0.1, 0.15) is 11.6 Å². The van der Waals surface area contributed by atoms with E-state index in [2.05, 4.69) is 48.1 Å². The minimum absolute atomic E-state index is 0.679. The molecule has 7 heteroatoms. The quantitative estimate of drug-likeness (QED) is 0.607. The van der Waals surface area contributed by atoms with Crippen molar-refractivity contribution in [2.24, 2.45) is 0 Å². The second kappa shape index (κ2) is 6.37. The Morgan fingerprint density at radius 3 is 3.00 bits per heavy atom. The van der Waals surface area contributed by atoms with Crippen LogP contribution < -0.4 is 0 Å². The van der Waals surface area contributed by atoms with Crippen molar-refractivity contribution in [3.8, 4) is 22.1 Å². The summed E-state index contributed by atoms with van der Waals surface area (Å²) < 4.78 is 2.16. The lowest BCUT2D eigenvalue weighted by atomic mass is 10.3. The Morgan fingerprint density at radius 1 is 1.25 bits per heavy atom. The maximum atomic E-state index is 4.55. The Kier molecular flexibility index (Phi) is 3.92. The highest BCUT2D eigenvalue weighted by molar-refractivity contribution is 7.13. The van der Waals surface area contributed by atoms with Gasteiger partial charge in [-0.05, 0) is 36.1 Å². The molecular weight excluding hydrogens is 320 g/mol. The third-order valence-corrected chi connectivity index (χ3v) is 4.83. The summed E-state index contributed by atoms with van der Waals surface area (Å²) in [5.74, 6) is 2.55. The second-order valence-corrected chi connectivity index (χ2v) is 6.39. The van der Waals surface area contributed by atoms with Crippen LogP contribution in [0.1, 0.15) is 11.4 Å². The fourth-order valence-corrected chi connectivity index (χ4v) is 3.50. The Balaban J connectivity index is 1.50. The number of nitrogens with one attached hydrogen (secondary N) is 1. The lowest BCUT2D eigenvalue weighted by molar-refractivity contribution is 0.680. The van der Waals surface area contributed by atoms with Crippen LogP contribution in [0.4, 0.5) is 0 Å². The molecule has 0 bridgehead atoms. The molecule has 4 aromatic heterocycles. The summed E-state index contributed by atoms with van der Waals surface area (Å²) in [7, 11) is 0. The SMILES string of the molecule is Cc1ccsc1-c1nccn1CCc1nc(-c2cccnc2)n[nH]1. The standard InChI is InChI=1S/C17H16N6S/c1-12-5-10-24-15(12)17-19-7-9-23(17)8-4-14-20-16(22-21-14)13-3-2-6-18-11-13/h2-3,5-7,9-11H,4,8H2,1H3,(H,20,21,22). The Bertz CT molecular complexity index is 937. The van der Waals surface area contributed by atoms with Crippen molar-refractivity contribution >= 4 is 11.3 Å². The van der Waals surface area contributed by atoms with E-state index in [0.717, 1.165) is 30.2 Å². The molecule has 0 aliphatic rings. The third-order valence-electron chi connectivity index (χ3n) is 3.82. The molecule has 4 heterocycles. The largest absolute Gasteiger partial charge is 0.330 e. The van der Waals surface area contributed by atoms with E-state index in [1.54, 1.807) is 23.7 Å². The number of pyridine rings is 1. The number of aromatic nitrogens is 6. The van der Waals surface area contributed by atoms with Gasteiger partial charge in [0.2, 0.25) is 0 Å². The van der Waals surface area contributed by atoms with Gasteiger partial charge in [0.25, 0.3) is 0 Å². The van der Waals surface area contributed by atoms with Crippen molar-refractivity contribution in [1.82, 2.24) is 29.7 Å². The maximum absolute atomic E-state index is 4.55. The first-order valence-electron chi connectivity index (χ1n) is 7.68. The molecular formula is C17H16N6S. The van der Waals surface area contributed by atoms with Gasteiger partial charge < -0.3 is 4.57 Å². The molecule has 0 saturated heterocycles. The number of hydrogen-bond donors (Lipinski definition) is 1. The number of nitrogens with zero attached hydrogens (tertiary/aromatic N) is 5. The molecule has 0 aromatic carbocycles. The van der Waals surface area contributed by atoms with Gasteiger partial charge in [0, 0.05) is 43.3 Å². The first kappa shape index (κ1) is 14.8. The van der Waals surface area contributed by atoms with Gasteiger partial charge in [0.05, 0.1) is 4.88 Å². The van der Waals surface area contributed by atoms with Crippen LogP contribution in [-0.4, -0.2) is 29.7 Å². The number of imidazole rings is 1. The summed E-state index contributed by atoms with van der Waals surface area (Å²) in [5, 5.41) is 9.38. The van der Waals surface area contributed by atoms with E-state index in [9.17, 15) is 0 Å². The predicted molar refractivity (Wildman–Crippen MR) is 93.6 cm³/mol. The number of aryl methyl sites for hydroxylation is 3. The monoisotopic (exact) mass is 336 g/mol. The number of rotatable bonds is 5. The highest BCUT2D eigenvalue weighted by Crippen LogP contribution is 2.27. The Labute approximate surface area is 143 Å². The van der Waals surface area contributed by atoms with E-state index in [4.69, 9.17) is 0 Å². The fourth-order valence-electron chi connectivity index (χ4n) is 2.56. The summed E-state index contributed by atoms with van der Waals surface area (Å²) in [6.45, 7) is 2.91. The fraction of sp³-hybridized carbons (Fsp3) is 0.176. The zero-order valence-corrected chi connectivity index (χ0v) is 14.0. The van der Waals surface area contributed by atoms with Crippen molar-refractivity contribution in [3.63, 3.8) is 0 Å². The number of thiophene rings is 1. The molecule has 24 heavy (non-hydrogen) atoms. The molecule has 0 aliphatic heterocycles. The summed E-state index contributed by atoms with van der Waals surface area (Å²) in [6, 6.07) is 5.95. The van der Waals surface area contributed by atoms with Crippen LogP contribution in [0.25, 0.3) is 22.1 Å². The first-order chi connectivity index (χ1) is 11.8. The lowest BCUT2D eigenvalue weighted by Gasteiger charge is -2.06. The minimum Gasteiger partial charge on any atom is -0.330 e. The van der Waals surface area contributed by atoms with Crippen molar-refractivity contribution in [2.75, 3.05) is 0 Å². The zero-order valence-electron chi connectivity index (χ0n) is 13.2. The number of aromatic amines is 1. The lowest BCUT2D eigenvalue weighted by Crippen LogP contribution is -2.03. The normalized spacial score (nSPS) is 11.0. The van der Waals surface area contributed by atoms with Gasteiger partial charge in [-0.25, -0.2) is 9.97 Å². The topological polar surface area (TPSA) is 72.3 Å². The van der Waals surface area contributed by atoms with Gasteiger partial charge in [-0.3, -0.25) is 10.1 Å². The molecule has 0 amide bonds. The summed E-state index contributed by atoms with van der Waals surface area (Å²) in [5.41, 5.74) is 2.17. The summed E-state index contributed by atoms with van der Waals surface area (Å²) in [6.07, 6.45) is 8.12. The van der Waals surface area contributed by atoms with Crippen LogP contribution in [0.3, 0.4) is 0 Å². The molecule has 0 unspecified atom stereocenters. The highest BCUT2D eigenvalue weighted by atomic mass is 32.1. The van der Waals surface area contributed by atoms with Gasteiger partial charge in [-0.2, -0.15) is 5.10 Å². The summed E-state index contributed by atoms with van der Waals surface area (Å²) >= 11 is 1.72. The predicted octanol–water partition coefficient (Wildman–Crippen LogP) is 3.34. The van der Waals surface area contributed by atoms with Crippen LogP contribution >= 0.6 is 11.3 Å². The van der Waals surface area contributed by atoms with E-state index >= 15 is 0 Å². The average molecular weight is 336 g/mol. The van der Waals surface area contributed by atoms with Crippen molar-refractivity contribution in [2.45, 2.75) is 19.9 Å². The first-order valence-corrected chi connectivity index (χ1v) is 8.56.